The summed E-state index contributed by atoms with van der Waals surface area (Å²) in [6.45, 7) is 5.67. The van der Waals surface area contributed by atoms with E-state index in [1.165, 1.54) is 47.1 Å². The summed E-state index contributed by atoms with van der Waals surface area (Å²) in [5.41, 5.74) is 0. The van der Waals surface area contributed by atoms with Crippen LogP contribution in [0.4, 0.5) is 0 Å². The fourth-order valence-corrected chi connectivity index (χ4v) is 3.45. The van der Waals surface area contributed by atoms with Gasteiger partial charge in [0.2, 0.25) is 0 Å². The first kappa shape index (κ1) is 16.4. The molecule has 21 heavy (non-hydrogen) atoms. The quantitative estimate of drug-likeness (QED) is 0.485. The molecule has 0 radical (unpaired) electrons. The van der Waals surface area contributed by atoms with Gasteiger partial charge in [0.1, 0.15) is 0 Å². The average Bonchev–Trinajstić information content (AvgIpc) is 2.52. The zero-order valence-corrected chi connectivity index (χ0v) is 14.1. The summed E-state index contributed by atoms with van der Waals surface area (Å²) < 4.78 is 0. The number of unbranched alkanes of at least 4 members (excludes halogenated alkanes) is 1. The smallest absolute Gasteiger partial charge is 0.00783 e. The van der Waals surface area contributed by atoms with Gasteiger partial charge in [-0.1, -0.05) is 43.7 Å². The molecular weight excluding hydrogens is 274 g/mol. The number of thioether (sulfide) groups is 1. The molecule has 0 bridgehead atoms. The van der Waals surface area contributed by atoms with Gasteiger partial charge < -0.3 is 5.32 Å². The standard InChI is InChI=1S/C19H27NS/c1-3-13-20-16(2)8-6-7-14-21-19-12-11-17-9-4-5-10-18(17)15-19/h4-5,9-12,15-16,20H,3,6-8,13-14H2,1-2H3. The van der Waals surface area contributed by atoms with Gasteiger partial charge in [0.25, 0.3) is 0 Å². The summed E-state index contributed by atoms with van der Waals surface area (Å²) in [4.78, 5) is 1.39. The highest BCUT2D eigenvalue weighted by Gasteiger charge is 2.01. The summed E-state index contributed by atoms with van der Waals surface area (Å²) in [7, 11) is 0. The fraction of sp³-hybridized carbons (Fsp3) is 0.474. The van der Waals surface area contributed by atoms with Crippen LogP contribution in [0, 0.1) is 0 Å². The molecular formula is C19H27NS. The number of hydrogen-bond donors (Lipinski definition) is 1. The minimum absolute atomic E-state index is 0.663. The monoisotopic (exact) mass is 301 g/mol. The van der Waals surface area contributed by atoms with Crippen molar-refractivity contribution in [3.8, 4) is 0 Å². The van der Waals surface area contributed by atoms with Crippen molar-refractivity contribution >= 4 is 22.5 Å². The predicted molar refractivity (Wildman–Crippen MR) is 96.3 cm³/mol. The molecule has 1 nitrogen and oxygen atoms in total. The first-order chi connectivity index (χ1) is 10.3. The Balaban J connectivity index is 1.68. The molecule has 0 aliphatic rings. The summed E-state index contributed by atoms with van der Waals surface area (Å²) >= 11 is 1.98. The van der Waals surface area contributed by atoms with Gasteiger partial charge in [-0.2, -0.15) is 0 Å². The highest BCUT2D eigenvalue weighted by atomic mass is 32.2. The van der Waals surface area contributed by atoms with Crippen LogP contribution in [0.5, 0.6) is 0 Å². The van der Waals surface area contributed by atoms with E-state index in [-0.39, 0.29) is 0 Å². The van der Waals surface area contributed by atoms with E-state index >= 15 is 0 Å². The Kier molecular flexibility index (Phi) is 7.11. The molecule has 1 unspecified atom stereocenters. The zero-order valence-electron chi connectivity index (χ0n) is 13.3. The van der Waals surface area contributed by atoms with Gasteiger partial charge in [-0.25, -0.2) is 0 Å². The lowest BCUT2D eigenvalue weighted by atomic mass is 10.1. The summed E-state index contributed by atoms with van der Waals surface area (Å²) in [5.74, 6) is 1.22. The van der Waals surface area contributed by atoms with Gasteiger partial charge in [0.15, 0.2) is 0 Å². The second-order valence-electron chi connectivity index (χ2n) is 5.71. The van der Waals surface area contributed by atoms with Crippen LogP contribution < -0.4 is 5.32 Å². The maximum Gasteiger partial charge on any atom is 0.00783 e. The molecule has 1 atom stereocenters. The molecule has 0 amide bonds. The maximum absolute atomic E-state index is 3.55. The molecule has 0 saturated heterocycles. The number of rotatable bonds is 9. The fourth-order valence-electron chi connectivity index (χ4n) is 2.49. The molecule has 0 aliphatic carbocycles. The number of fused-ring (bicyclic) bond motifs is 1. The largest absolute Gasteiger partial charge is 0.314 e. The van der Waals surface area contributed by atoms with Crippen molar-refractivity contribution in [1.82, 2.24) is 5.32 Å². The molecule has 0 aromatic heterocycles. The van der Waals surface area contributed by atoms with E-state index in [0.717, 1.165) is 6.54 Å². The molecule has 114 valence electrons. The van der Waals surface area contributed by atoms with E-state index in [0.29, 0.717) is 6.04 Å². The van der Waals surface area contributed by atoms with Crippen molar-refractivity contribution < 1.29 is 0 Å². The van der Waals surface area contributed by atoms with Gasteiger partial charge in [-0.05, 0) is 61.4 Å². The lowest BCUT2D eigenvalue weighted by Gasteiger charge is -2.12. The van der Waals surface area contributed by atoms with E-state index in [1.807, 2.05) is 11.8 Å². The second-order valence-corrected chi connectivity index (χ2v) is 6.88. The van der Waals surface area contributed by atoms with Crippen LogP contribution >= 0.6 is 11.8 Å². The maximum atomic E-state index is 3.55. The van der Waals surface area contributed by atoms with Crippen LogP contribution in [0.15, 0.2) is 47.4 Å². The summed E-state index contributed by atoms with van der Waals surface area (Å²) in [6.07, 6.45) is 5.13. The molecule has 0 fully saturated rings. The minimum atomic E-state index is 0.663. The minimum Gasteiger partial charge on any atom is -0.314 e. The molecule has 2 aromatic carbocycles. The Labute approximate surface area is 133 Å². The molecule has 1 N–H and O–H groups in total. The topological polar surface area (TPSA) is 12.0 Å². The van der Waals surface area contributed by atoms with Crippen molar-refractivity contribution in [3.63, 3.8) is 0 Å². The second kappa shape index (κ2) is 9.11. The van der Waals surface area contributed by atoms with Crippen LogP contribution in [-0.2, 0) is 0 Å². The molecule has 0 heterocycles. The van der Waals surface area contributed by atoms with E-state index < -0.39 is 0 Å². The van der Waals surface area contributed by atoms with Gasteiger partial charge in [-0.15, -0.1) is 11.8 Å². The Hall–Kier alpha value is -0.990. The van der Waals surface area contributed by atoms with Crippen LogP contribution in [0.2, 0.25) is 0 Å². The highest BCUT2D eigenvalue weighted by molar-refractivity contribution is 7.99. The Morgan fingerprint density at radius 1 is 1.05 bits per heavy atom. The average molecular weight is 301 g/mol. The number of benzene rings is 2. The van der Waals surface area contributed by atoms with Crippen molar-refractivity contribution in [2.45, 2.75) is 50.5 Å². The van der Waals surface area contributed by atoms with E-state index in [4.69, 9.17) is 0 Å². The van der Waals surface area contributed by atoms with Crippen LogP contribution in [-0.4, -0.2) is 18.3 Å². The van der Waals surface area contributed by atoms with Crippen LogP contribution in [0.1, 0.15) is 39.5 Å². The lowest BCUT2D eigenvalue weighted by Crippen LogP contribution is -2.26. The van der Waals surface area contributed by atoms with Crippen molar-refractivity contribution in [1.29, 1.82) is 0 Å². The first-order valence-electron chi connectivity index (χ1n) is 8.14. The Bertz CT molecular complexity index is 538. The lowest BCUT2D eigenvalue weighted by molar-refractivity contribution is 0.496. The molecule has 0 aliphatic heterocycles. The summed E-state index contributed by atoms with van der Waals surface area (Å²) in [5, 5.41) is 6.23. The van der Waals surface area contributed by atoms with Crippen LogP contribution in [0.25, 0.3) is 10.8 Å². The number of hydrogen-bond acceptors (Lipinski definition) is 2. The molecule has 2 rings (SSSR count). The molecule has 0 spiro atoms. The third-order valence-corrected chi connectivity index (χ3v) is 4.84. The zero-order chi connectivity index (χ0) is 14.9. The molecule has 2 aromatic rings. The van der Waals surface area contributed by atoms with Gasteiger partial charge >= 0.3 is 0 Å². The summed E-state index contributed by atoms with van der Waals surface area (Å²) in [6, 6.07) is 16.0. The normalized spacial score (nSPS) is 12.7. The van der Waals surface area contributed by atoms with E-state index in [9.17, 15) is 0 Å². The SMILES string of the molecule is CCCNC(C)CCCCSc1ccc2ccccc2c1. The highest BCUT2D eigenvalue weighted by Crippen LogP contribution is 2.24. The van der Waals surface area contributed by atoms with Crippen molar-refractivity contribution in [2.75, 3.05) is 12.3 Å². The molecule has 0 saturated carbocycles. The van der Waals surface area contributed by atoms with E-state index in [2.05, 4.69) is 61.6 Å². The molecule has 2 heteroatoms. The Morgan fingerprint density at radius 3 is 2.67 bits per heavy atom. The van der Waals surface area contributed by atoms with E-state index in [1.54, 1.807) is 0 Å². The van der Waals surface area contributed by atoms with Crippen molar-refractivity contribution in [2.24, 2.45) is 0 Å². The van der Waals surface area contributed by atoms with Gasteiger partial charge in [0.05, 0.1) is 0 Å². The van der Waals surface area contributed by atoms with Crippen molar-refractivity contribution in [3.05, 3.63) is 42.5 Å². The predicted octanol–water partition coefficient (Wildman–Crippen LogP) is 5.49. The number of nitrogens with one attached hydrogen (secondary N) is 1. The third kappa shape index (κ3) is 5.72. The van der Waals surface area contributed by atoms with Crippen LogP contribution in [0.3, 0.4) is 0 Å². The first-order valence-corrected chi connectivity index (χ1v) is 9.13. The van der Waals surface area contributed by atoms with Gasteiger partial charge in [-0.3, -0.25) is 0 Å². The van der Waals surface area contributed by atoms with Gasteiger partial charge in [0, 0.05) is 10.9 Å². The Morgan fingerprint density at radius 2 is 1.86 bits per heavy atom. The third-order valence-electron chi connectivity index (χ3n) is 3.76.